The van der Waals surface area contributed by atoms with Crippen molar-refractivity contribution in [3.63, 3.8) is 0 Å². The van der Waals surface area contributed by atoms with E-state index >= 15 is 0 Å². The van der Waals surface area contributed by atoms with E-state index in [1.807, 2.05) is 13.8 Å². The van der Waals surface area contributed by atoms with Crippen LogP contribution < -0.4 is 9.47 Å². The third-order valence-electron chi connectivity index (χ3n) is 3.84. The van der Waals surface area contributed by atoms with E-state index < -0.39 is 18.4 Å². The van der Waals surface area contributed by atoms with Gasteiger partial charge in [0.2, 0.25) is 0 Å². The Bertz CT molecular complexity index is 763. The third kappa shape index (κ3) is 4.75. The van der Waals surface area contributed by atoms with Crippen LogP contribution in [0, 0.1) is 0 Å². The summed E-state index contributed by atoms with van der Waals surface area (Å²) in [5, 5.41) is 16.0. The first kappa shape index (κ1) is 19.3. The van der Waals surface area contributed by atoms with Crippen LogP contribution in [0.2, 0.25) is 0 Å². The van der Waals surface area contributed by atoms with Gasteiger partial charge < -0.3 is 19.5 Å². The second kappa shape index (κ2) is 8.37. The Morgan fingerprint density at radius 1 is 1.15 bits per heavy atom. The fourth-order valence-corrected chi connectivity index (χ4v) is 2.44. The zero-order valence-corrected chi connectivity index (χ0v) is 15.3. The zero-order valence-electron chi connectivity index (χ0n) is 15.3. The number of aliphatic carboxylic acids is 1. The number of carboxylic acid groups (broad SMARTS) is 1. The minimum atomic E-state index is -1.10. The molecule has 0 aliphatic heterocycles. The number of methoxy groups -OCH3 is 2. The van der Waals surface area contributed by atoms with Gasteiger partial charge in [0.05, 0.1) is 14.2 Å². The number of H-pyrrole nitrogens is 1. The molecule has 0 aliphatic carbocycles. The first-order chi connectivity index (χ1) is 12.3. The summed E-state index contributed by atoms with van der Waals surface area (Å²) in [6, 6.07) is 6.81. The van der Waals surface area contributed by atoms with E-state index in [-0.39, 0.29) is 18.2 Å². The Hall–Kier alpha value is -3.03. The number of aromatic amines is 1. The molecule has 2 N–H and O–H groups in total. The van der Waals surface area contributed by atoms with Crippen molar-refractivity contribution in [2.45, 2.75) is 26.3 Å². The van der Waals surface area contributed by atoms with E-state index in [0.29, 0.717) is 17.1 Å². The van der Waals surface area contributed by atoms with Gasteiger partial charge in [-0.25, -0.2) is 0 Å². The maximum Gasteiger partial charge on any atom is 0.323 e. The predicted molar refractivity (Wildman–Crippen MR) is 94.6 cm³/mol. The fourth-order valence-electron chi connectivity index (χ4n) is 2.44. The molecule has 0 atom stereocenters. The molecule has 0 unspecified atom stereocenters. The van der Waals surface area contributed by atoms with Crippen molar-refractivity contribution in [3.05, 3.63) is 41.2 Å². The largest absolute Gasteiger partial charge is 0.497 e. The number of ether oxygens (including phenoxy) is 2. The Kier molecular flexibility index (Phi) is 6.21. The highest BCUT2D eigenvalue weighted by Gasteiger charge is 2.22. The molecule has 1 heterocycles. The molecule has 26 heavy (non-hydrogen) atoms. The van der Waals surface area contributed by atoms with Crippen LogP contribution in [-0.2, 0) is 11.3 Å². The summed E-state index contributed by atoms with van der Waals surface area (Å²) in [6.45, 7) is 3.59. The molecule has 0 bridgehead atoms. The van der Waals surface area contributed by atoms with Crippen LogP contribution in [0.15, 0.2) is 24.3 Å². The lowest BCUT2D eigenvalue weighted by Crippen LogP contribution is -2.35. The quantitative estimate of drug-likeness (QED) is 0.747. The van der Waals surface area contributed by atoms with Crippen molar-refractivity contribution in [2.24, 2.45) is 0 Å². The second-order valence-corrected chi connectivity index (χ2v) is 6.14. The van der Waals surface area contributed by atoms with Crippen LogP contribution >= 0.6 is 0 Å². The molecule has 0 saturated carbocycles. The number of carbonyl (C=O) groups excluding carboxylic acids is 1. The summed E-state index contributed by atoms with van der Waals surface area (Å²) in [5.41, 5.74) is 1.69. The van der Waals surface area contributed by atoms with Gasteiger partial charge >= 0.3 is 5.97 Å². The van der Waals surface area contributed by atoms with Crippen LogP contribution in [-0.4, -0.2) is 52.8 Å². The topological polar surface area (TPSA) is 105 Å². The normalized spacial score (nSPS) is 10.7. The number of hydrogen-bond acceptors (Lipinski definition) is 5. The minimum absolute atomic E-state index is 0.0859. The summed E-state index contributed by atoms with van der Waals surface area (Å²) < 4.78 is 10.4. The average molecular weight is 361 g/mol. The molecule has 0 aliphatic rings. The molecular weight excluding hydrogens is 338 g/mol. The number of aromatic nitrogens is 2. The molecule has 8 nitrogen and oxygen atoms in total. The van der Waals surface area contributed by atoms with Crippen molar-refractivity contribution < 1.29 is 24.2 Å². The lowest BCUT2D eigenvalue weighted by atomic mass is 10.1. The Morgan fingerprint density at radius 3 is 2.23 bits per heavy atom. The minimum Gasteiger partial charge on any atom is -0.497 e. The molecule has 0 fully saturated rings. The van der Waals surface area contributed by atoms with Crippen molar-refractivity contribution in [2.75, 3.05) is 20.8 Å². The van der Waals surface area contributed by atoms with Crippen LogP contribution in [0.4, 0.5) is 0 Å². The number of nitrogens with zero attached hydrogens (tertiary/aromatic N) is 2. The molecule has 1 aromatic carbocycles. The molecule has 140 valence electrons. The van der Waals surface area contributed by atoms with Crippen molar-refractivity contribution in [1.29, 1.82) is 0 Å². The molecule has 0 saturated heterocycles. The Labute approximate surface area is 151 Å². The monoisotopic (exact) mass is 361 g/mol. The fraction of sp³-hybridized carbons (Fsp3) is 0.389. The summed E-state index contributed by atoms with van der Waals surface area (Å²) in [7, 11) is 3.05. The Morgan fingerprint density at radius 2 is 1.77 bits per heavy atom. The molecule has 1 amide bonds. The van der Waals surface area contributed by atoms with Gasteiger partial charge in [-0.3, -0.25) is 14.7 Å². The molecule has 1 aromatic heterocycles. The van der Waals surface area contributed by atoms with Crippen LogP contribution in [0.5, 0.6) is 11.5 Å². The maximum absolute atomic E-state index is 12.7. The van der Waals surface area contributed by atoms with Gasteiger partial charge in [0.15, 0.2) is 0 Å². The predicted octanol–water partition coefficient (Wildman–Crippen LogP) is 2.28. The highest BCUT2D eigenvalue weighted by atomic mass is 16.5. The number of amides is 1. The smallest absolute Gasteiger partial charge is 0.323 e. The molecule has 0 spiro atoms. The van der Waals surface area contributed by atoms with E-state index in [2.05, 4.69) is 10.2 Å². The van der Waals surface area contributed by atoms with Crippen LogP contribution in [0.3, 0.4) is 0 Å². The van der Waals surface area contributed by atoms with E-state index in [1.54, 1.807) is 24.3 Å². The van der Waals surface area contributed by atoms with Gasteiger partial charge in [-0.2, -0.15) is 5.10 Å². The number of nitrogens with one attached hydrogen (secondary N) is 1. The SMILES string of the molecule is COc1cc(CN(CC(=O)O)C(=O)c2cc(C(C)C)[nH]n2)cc(OC)c1. The highest BCUT2D eigenvalue weighted by Crippen LogP contribution is 2.24. The van der Waals surface area contributed by atoms with E-state index in [0.717, 1.165) is 5.69 Å². The van der Waals surface area contributed by atoms with Gasteiger partial charge in [0.25, 0.3) is 5.91 Å². The van der Waals surface area contributed by atoms with E-state index in [1.165, 1.54) is 19.1 Å². The van der Waals surface area contributed by atoms with E-state index in [9.17, 15) is 14.7 Å². The molecule has 2 aromatic rings. The summed E-state index contributed by atoms with van der Waals surface area (Å²) >= 11 is 0. The first-order valence-corrected chi connectivity index (χ1v) is 8.12. The molecular formula is C18H23N3O5. The van der Waals surface area contributed by atoms with Crippen LogP contribution in [0.25, 0.3) is 0 Å². The van der Waals surface area contributed by atoms with Gasteiger partial charge in [0, 0.05) is 18.3 Å². The molecule has 0 radical (unpaired) electrons. The van der Waals surface area contributed by atoms with E-state index in [4.69, 9.17) is 9.47 Å². The van der Waals surface area contributed by atoms with Gasteiger partial charge in [-0.1, -0.05) is 13.8 Å². The number of benzene rings is 1. The van der Waals surface area contributed by atoms with Crippen molar-refractivity contribution >= 4 is 11.9 Å². The lowest BCUT2D eigenvalue weighted by Gasteiger charge is -2.20. The Balaban J connectivity index is 2.29. The number of hydrogen-bond donors (Lipinski definition) is 2. The van der Waals surface area contributed by atoms with Gasteiger partial charge in [-0.05, 0) is 29.7 Å². The standard InChI is InChI=1S/C18H23N3O5/c1-11(2)15-8-16(20-19-15)18(24)21(10-17(22)23)9-12-5-13(25-3)7-14(6-12)26-4/h5-8,11H,9-10H2,1-4H3,(H,19,20)(H,22,23). The van der Waals surface area contributed by atoms with Gasteiger partial charge in [-0.15, -0.1) is 0 Å². The second-order valence-electron chi connectivity index (χ2n) is 6.14. The summed E-state index contributed by atoms with van der Waals surface area (Å²) in [4.78, 5) is 25.2. The maximum atomic E-state index is 12.7. The number of carboxylic acids is 1. The van der Waals surface area contributed by atoms with Crippen molar-refractivity contribution in [1.82, 2.24) is 15.1 Å². The molecule has 8 heteroatoms. The van der Waals surface area contributed by atoms with Crippen molar-refractivity contribution in [3.8, 4) is 11.5 Å². The third-order valence-corrected chi connectivity index (χ3v) is 3.84. The first-order valence-electron chi connectivity index (χ1n) is 8.12. The lowest BCUT2D eigenvalue weighted by molar-refractivity contribution is -0.137. The number of carbonyl (C=O) groups is 2. The highest BCUT2D eigenvalue weighted by molar-refractivity contribution is 5.94. The summed E-state index contributed by atoms with van der Waals surface area (Å²) in [6.07, 6.45) is 0. The molecule has 2 rings (SSSR count). The summed E-state index contributed by atoms with van der Waals surface area (Å²) in [5.74, 6) is -0.266. The zero-order chi connectivity index (χ0) is 19.3. The number of rotatable bonds is 8. The van der Waals surface area contributed by atoms with Crippen LogP contribution in [0.1, 0.15) is 41.5 Å². The van der Waals surface area contributed by atoms with Gasteiger partial charge in [0.1, 0.15) is 23.7 Å². The average Bonchev–Trinajstić information content (AvgIpc) is 3.10.